The summed E-state index contributed by atoms with van der Waals surface area (Å²) < 4.78 is 6.66. The molecule has 0 aliphatic carbocycles. The van der Waals surface area contributed by atoms with Gasteiger partial charge in [-0.15, -0.1) is 11.3 Å². The fourth-order valence-corrected chi connectivity index (χ4v) is 3.73. The quantitative estimate of drug-likeness (QED) is 0.742. The number of nitrogens with zero attached hydrogens (tertiary/aromatic N) is 2. The Balaban J connectivity index is 1.64. The molecule has 1 aromatic carbocycles. The lowest BCUT2D eigenvalue weighted by molar-refractivity contribution is 0.341. The van der Waals surface area contributed by atoms with Crippen LogP contribution in [0.4, 0.5) is 5.13 Å². The van der Waals surface area contributed by atoms with E-state index in [1.54, 1.807) is 22.7 Å². The Morgan fingerprint density at radius 1 is 1.29 bits per heavy atom. The first-order valence-electron chi connectivity index (χ1n) is 6.93. The van der Waals surface area contributed by atoms with E-state index < -0.39 is 0 Å². The third kappa shape index (κ3) is 3.51. The van der Waals surface area contributed by atoms with Crippen LogP contribution in [-0.4, -0.2) is 23.1 Å². The van der Waals surface area contributed by atoms with Crippen LogP contribution in [0.5, 0.6) is 5.75 Å². The molecule has 3 rings (SSSR count). The van der Waals surface area contributed by atoms with Crippen molar-refractivity contribution in [1.29, 1.82) is 0 Å². The van der Waals surface area contributed by atoms with E-state index in [9.17, 15) is 0 Å². The van der Waals surface area contributed by atoms with Crippen molar-refractivity contribution in [2.45, 2.75) is 20.3 Å². The minimum atomic E-state index is 0.683. The fourth-order valence-electron chi connectivity index (χ4n) is 2.03. The molecule has 2 heterocycles. The number of benzene rings is 1. The van der Waals surface area contributed by atoms with Gasteiger partial charge in [-0.25, -0.2) is 9.97 Å². The standard InChI is InChI=1S/C15H17N3OS2/c1-3-19-11-4-5-12-13(8-11)21-15(18-12)16-7-6-14-17-10(2)9-20-14/h4-5,8-9H,3,6-7H2,1-2H3,(H,16,18). The molecule has 0 amide bonds. The van der Waals surface area contributed by atoms with E-state index in [0.29, 0.717) is 6.61 Å². The number of thiazole rings is 2. The molecule has 0 fully saturated rings. The number of hydrogen-bond acceptors (Lipinski definition) is 6. The maximum absolute atomic E-state index is 5.52. The Kier molecular flexibility index (Phi) is 4.36. The van der Waals surface area contributed by atoms with Gasteiger partial charge in [-0.2, -0.15) is 0 Å². The Morgan fingerprint density at radius 2 is 2.19 bits per heavy atom. The summed E-state index contributed by atoms with van der Waals surface area (Å²) in [5.41, 5.74) is 2.11. The van der Waals surface area contributed by atoms with Gasteiger partial charge in [0.1, 0.15) is 5.75 Å². The van der Waals surface area contributed by atoms with E-state index >= 15 is 0 Å². The highest BCUT2D eigenvalue weighted by atomic mass is 32.1. The molecule has 0 radical (unpaired) electrons. The number of aryl methyl sites for hydroxylation is 1. The molecule has 3 aromatic rings. The second kappa shape index (κ2) is 6.41. The fraction of sp³-hybridized carbons (Fsp3) is 0.333. The van der Waals surface area contributed by atoms with E-state index in [-0.39, 0.29) is 0 Å². The van der Waals surface area contributed by atoms with Gasteiger partial charge in [0.25, 0.3) is 0 Å². The number of aromatic nitrogens is 2. The first kappa shape index (κ1) is 14.3. The van der Waals surface area contributed by atoms with Gasteiger partial charge in [-0.1, -0.05) is 11.3 Å². The van der Waals surface area contributed by atoms with E-state index in [1.807, 2.05) is 32.0 Å². The highest BCUT2D eigenvalue weighted by Gasteiger charge is 2.05. The minimum absolute atomic E-state index is 0.683. The molecule has 0 saturated heterocycles. The molecular weight excluding hydrogens is 302 g/mol. The number of anilines is 1. The van der Waals surface area contributed by atoms with Crippen LogP contribution in [0.2, 0.25) is 0 Å². The lowest BCUT2D eigenvalue weighted by Crippen LogP contribution is -2.04. The molecule has 1 N–H and O–H groups in total. The van der Waals surface area contributed by atoms with Crippen molar-refractivity contribution < 1.29 is 4.74 Å². The summed E-state index contributed by atoms with van der Waals surface area (Å²) in [6.07, 6.45) is 0.929. The van der Waals surface area contributed by atoms with Crippen LogP contribution in [0.15, 0.2) is 23.6 Å². The van der Waals surface area contributed by atoms with Gasteiger partial charge in [0.05, 0.1) is 21.8 Å². The molecule has 2 aromatic heterocycles. The highest BCUT2D eigenvalue weighted by molar-refractivity contribution is 7.22. The monoisotopic (exact) mass is 319 g/mol. The zero-order chi connectivity index (χ0) is 14.7. The van der Waals surface area contributed by atoms with Crippen LogP contribution in [-0.2, 0) is 6.42 Å². The van der Waals surface area contributed by atoms with Crippen molar-refractivity contribution in [3.8, 4) is 5.75 Å². The summed E-state index contributed by atoms with van der Waals surface area (Å²) in [6, 6.07) is 6.02. The average molecular weight is 319 g/mol. The molecule has 0 spiro atoms. The lowest BCUT2D eigenvalue weighted by Gasteiger charge is -2.00. The highest BCUT2D eigenvalue weighted by Crippen LogP contribution is 2.29. The average Bonchev–Trinajstić information content (AvgIpc) is 3.05. The molecule has 0 aliphatic rings. The van der Waals surface area contributed by atoms with Crippen LogP contribution < -0.4 is 10.1 Å². The third-order valence-electron chi connectivity index (χ3n) is 2.95. The molecule has 0 bridgehead atoms. The Bertz CT molecular complexity index is 735. The molecule has 4 nitrogen and oxygen atoms in total. The summed E-state index contributed by atoms with van der Waals surface area (Å²) in [5.74, 6) is 0.901. The normalized spacial score (nSPS) is 11.0. The summed E-state index contributed by atoms with van der Waals surface area (Å²) in [6.45, 7) is 5.55. The van der Waals surface area contributed by atoms with E-state index in [2.05, 4.69) is 20.7 Å². The Hall–Kier alpha value is -1.66. The summed E-state index contributed by atoms with van der Waals surface area (Å²) in [5, 5.41) is 7.58. The van der Waals surface area contributed by atoms with Gasteiger partial charge in [-0.05, 0) is 32.0 Å². The largest absolute Gasteiger partial charge is 0.494 e. The van der Waals surface area contributed by atoms with Crippen LogP contribution in [0.25, 0.3) is 10.2 Å². The summed E-state index contributed by atoms with van der Waals surface area (Å²) in [4.78, 5) is 9.05. The second-order valence-electron chi connectivity index (χ2n) is 4.64. The van der Waals surface area contributed by atoms with Crippen LogP contribution in [0, 0.1) is 6.92 Å². The molecule has 0 saturated carbocycles. The third-order valence-corrected chi connectivity index (χ3v) is 4.95. The number of hydrogen-bond donors (Lipinski definition) is 1. The molecule has 0 atom stereocenters. The van der Waals surface area contributed by atoms with E-state index in [4.69, 9.17) is 4.74 Å². The molecule has 21 heavy (non-hydrogen) atoms. The van der Waals surface area contributed by atoms with Gasteiger partial charge in [0.15, 0.2) is 5.13 Å². The predicted molar refractivity (Wildman–Crippen MR) is 89.8 cm³/mol. The molecular formula is C15H17N3OS2. The Labute approximate surface area is 131 Å². The van der Waals surface area contributed by atoms with Gasteiger partial charge in [-0.3, -0.25) is 0 Å². The number of fused-ring (bicyclic) bond motifs is 1. The topological polar surface area (TPSA) is 47.0 Å². The van der Waals surface area contributed by atoms with Crippen LogP contribution in [0.1, 0.15) is 17.6 Å². The van der Waals surface area contributed by atoms with E-state index in [0.717, 1.165) is 39.8 Å². The Morgan fingerprint density at radius 3 is 2.95 bits per heavy atom. The van der Waals surface area contributed by atoms with Gasteiger partial charge >= 0.3 is 0 Å². The molecule has 110 valence electrons. The number of nitrogens with one attached hydrogen (secondary N) is 1. The zero-order valence-corrected chi connectivity index (χ0v) is 13.7. The smallest absolute Gasteiger partial charge is 0.183 e. The number of ether oxygens (including phenoxy) is 1. The number of rotatable bonds is 6. The zero-order valence-electron chi connectivity index (χ0n) is 12.0. The van der Waals surface area contributed by atoms with Crippen molar-refractivity contribution in [2.75, 3.05) is 18.5 Å². The van der Waals surface area contributed by atoms with E-state index in [1.165, 1.54) is 5.01 Å². The first-order valence-corrected chi connectivity index (χ1v) is 8.62. The van der Waals surface area contributed by atoms with Gasteiger partial charge in [0, 0.05) is 24.0 Å². The van der Waals surface area contributed by atoms with Gasteiger partial charge in [0.2, 0.25) is 0 Å². The van der Waals surface area contributed by atoms with Crippen LogP contribution >= 0.6 is 22.7 Å². The van der Waals surface area contributed by atoms with Crippen LogP contribution in [0.3, 0.4) is 0 Å². The minimum Gasteiger partial charge on any atom is -0.494 e. The second-order valence-corrected chi connectivity index (χ2v) is 6.61. The van der Waals surface area contributed by atoms with Gasteiger partial charge < -0.3 is 10.1 Å². The molecule has 0 unspecified atom stereocenters. The summed E-state index contributed by atoms with van der Waals surface area (Å²) >= 11 is 3.37. The maximum atomic E-state index is 5.52. The molecule has 6 heteroatoms. The predicted octanol–water partition coefficient (Wildman–Crippen LogP) is 4.11. The maximum Gasteiger partial charge on any atom is 0.183 e. The van der Waals surface area contributed by atoms with Crippen molar-refractivity contribution in [1.82, 2.24) is 9.97 Å². The van der Waals surface area contributed by atoms with Crippen molar-refractivity contribution >= 4 is 38.0 Å². The SMILES string of the molecule is CCOc1ccc2nc(NCCc3nc(C)cs3)sc2c1. The molecule has 0 aliphatic heterocycles. The van der Waals surface area contributed by atoms with Crippen molar-refractivity contribution in [3.63, 3.8) is 0 Å². The summed E-state index contributed by atoms with van der Waals surface area (Å²) in [7, 11) is 0. The lowest BCUT2D eigenvalue weighted by atomic mass is 10.3. The first-order chi connectivity index (χ1) is 10.2. The van der Waals surface area contributed by atoms with Crippen molar-refractivity contribution in [2.24, 2.45) is 0 Å². The van der Waals surface area contributed by atoms with Crippen molar-refractivity contribution in [3.05, 3.63) is 34.3 Å².